The number of hydrogen-bond acceptors (Lipinski definition) is 4. The van der Waals surface area contributed by atoms with E-state index in [1.54, 1.807) is 6.92 Å². The number of nitrogens with two attached hydrogens (primary N) is 1. The van der Waals surface area contributed by atoms with Crippen LogP contribution in [0.1, 0.15) is 26.7 Å². The van der Waals surface area contributed by atoms with Crippen LogP contribution < -0.4 is 10.5 Å². The van der Waals surface area contributed by atoms with Crippen LogP contribution in [0.3, 0.4) is 0 Å². The average molecular weight is 249 g/mol. The van der Waals surface area contributed by atoms with Gasteiger partial charge in [0.2, 0.25) is 10.0 Å². The van der Waals surface area contributed by atoms with Gasteiger partial charge in [0.05, 0.1) is 5.25 Å². The van der Waals surface area contributed by atoms with Gasteiger partial charge < -0.3 is 5.73 Å². The molecule has 1 rings (SSSR count). The highest BCUT2D eigenvalue weighted by Crippen LogP contribution is 2.26. The Hall–Kier alpha value is -0.170. The minimum Gasteiger partial charge on any atom is -0.329 e. The van der Waals surface area contributed by atoms with E-state index in [-0.39, 0.29) is 12.6 Å². The first-order chi connectivity index (χ1) is 7.38. The normalized spacial score (nSPS) is 21.1. The highest BCUT2D eigenvalue weighted by Gasteiger charge is 2.29. The number of nitrogens with one attached hydrogen (secondary N) is 1. The molecule has 1 aliphatic rings. The summed E-state index contributed by atoms with van der Waals surface area (Å²) in [4.78, 5) is 2.23. The summed E-state index contributed by atoms with van der Waals surface area (Å²) in [5.74, 6) is 0. The molecule has 0 bridgehead atoms. The van der Waals surface area contributed by atoms with Gasteiger partial charge in [0, 0.05) is 25.2 Å². The quantitative estimate of drug-likeness (QED) is 0.651. The van der Waals surface area contributed by atoms with E-state index in [1.165, 1.54) is 12.8 Å². The molecule has 0 saturated heterocycles. The third-order valence-electron chi connectivity index (χ3n) is 3.26. The van der Waals surface area contributed by atoms with Crippen molar-refractivity contribution in [3.05, 3.63) is 0 Å². The Balaban J connectivity index is 2.38. The highest BCUT2D eigenvalue weighted by atomic mass is 32.2. The molecule has 1 fully saturated rings. The molecule has 96 valence electrons. The van der Waals surface area contributed by atoms with Crippen molar-refractivity contribution >= 4 is 10.0 Å². The third kappa shape index (κ3) is 3.69. The molecule has 0 aromatic carbocycles. The van der Waals surface area contributed by atoms with Crippen LogP contribution in [0.2, 0.25) is 0 Å². The summed E-state index contributed by atoms with van der Waals surface area (Å²) >= 11 is 0. The van der Waals surface area contributed by atoms with E-state index < -0.39 is 15.3 Å². The first-order valence-corrected chi connectivity index (χ1v) is 7.33. The number of sulfonamides is 1. The van der Waals surface area contributed by atoms with Gasteiger partial charge in [0.25, 0.3) is 0 Å². The molecule has 1 saturated carbocycles. The number of likely N-dealkylation sites (N-methyl/N-ethyl adjacent to an activating group) is 1. The Morgan fingerprint density at radius 3 is 2.44 bits per heavy atom. The van der Waals surface area contributed by atoms with Crippen LogP contribution >= 0.6 is 0 Å². The molecule has 0 heterocycles. The zero-order valence-electron chi connectivity index (χ0n) is 10.3. The molecule has 6 heteroatoms. The molecule has 0 aromatic heterocycles. The standard InChI is InChI=1S/C10H23N3O2S/c1-8(13(3)10-4-5-10)7-12-16(14,15)9(2)6-11/h8-10,12H,4-7,11H2,1-3H3. The number of nitrogens with zero attached hydrogens (tertiary/aromatic N) is 1. The molecule has 0 aliphatic heterocycles. The van der Waals surface area contributed by atoms with Crippen LogP contribution in [0.4, 0.5) is 0 Å². The van der Waals surface area contributed by atoms with Gasteiger partial charge in [-0.05, 0) is 33.7 Å². The summed E-state index contributed by atoms with van der Waals surface area (Å²) in [6.07, 6.45) is 2.46. The zero-order chi connectivity index (χ0) is 12.3. The van der Waals surface area contributed by atoms with Crippen LogP contribution in [0.5, 0.6) is 0 Å². The van der Waals surface area contributed by atoms with Gasteiger partial charge in [0.1, 0.15) is 0 Å². The second kappa shape index (κ2) is 5.44. The maximum absolute atomic E-state index is 11.7. The fraction of sp³-hybridized carbons (Fsp3) is 1.00. The Bertz CT molecular complexity index is 314. The number of rotatable bonds is 7. The van der Waals surface area contributed by atoms with Gasteiger partial charge >= 0.3 is 0 Å². The Kier molecular flexibility index (Phi) is 4.73. The second-order valence-electron chi connectivity index (χ2n) is 4.69. The minimum absolute atomic E-state index is 0.155. The largest absolute Gasteiger partial charge is 0.329 e. The third-order valence-corrected chi connectivity index (χ3v) is 5.08. The van der Waals surface area contributed by atoms with E-state index >= 15 is 0 Å². The summed E-state index contributed by atoms with van der Waals surface area (Å²) in [6.45, 7) is 4.27. The first-order valence-electron chi connectivity index (χ1n) is 5.79. The van der Waals surface area contributed by atoms with E-state index in [9.17, 15) is 8.42 Å². The van der Waals surface area contributed by atoms with Crippen molar-refractivity contribution in [2.75, 3.05) is 20.1 Å². The van der Waals surface area contributed by atoms with Crippen LogP contribution in [0.15, 0.2) is 0 Å². The van der Waals surface area contributed by atoms with Gasteiger partial charge in [-0.1, -0.05) is 0 Å². The minimum atomic E-state index is -3.25. The lowest BCUT2D eigenvalue weighted by atomic mass is 10.3. The van der Waals surface area contributed by atoms with Crippen molar-refractivity contribution in [1.29, 1.82) is 0 Å². The van der Waals surface area contributed by atoms with Gasteiger partial charge in [-0.15, -0.1) is 0 Å². The molecule has 5 nitrogen and oxygen atoms in total. The molecule has 2 atom stereocenters. The van der Waals surface area contributed by atoms with E-state index in [2.05, 4.69) is 9.62 Å². The molecule has 16 heavy (non-hydrogen) atoms. The first kappa shape index (κ1) is 13.9. The van der Waals surface area contributed by atoms with Crippen LogP contribution in [-0.2, 0) is 10.0 Å². The molecule has 0 radical (unpaired) electrons. The molecule has 1 aliphatic carbocycles. The van der Waals surface area contributed by atoms with Crippen molar-refractivity contribution in [3.63, 3.8) is 0 Å². The molecule has 3 N–H and O–H groups in total. The van der Waals surface area contributed by atoms with E-state index in [0.717, 1.165) is 0 Å². The maximum atomic E-state index is 11.7. The summed E-state index contributed by atoms with van der Waals surface area (Å²) in [6, 6.07) is 0.874. The maximum Gasteiger partial charge on any atom is 0.215 e. The highest BCUT2D eigenvalue weighted by molar-refractivity contribution is 7.90. The number of hydrogen-bond donors (Lipinski definition) is 2. The van der Waals surface area contributed by atoms with Crippen LogP contribution in [0, 0.1) is 0 Å². The zero-order valence-corrected chi connectivity index (χ0v) is 11.1. The lowest BCUT2D eigenvalue weighted by Gasteiger charge is -2.25. The van der Waals surface area contributed by atoms with Crippen molar-refractivity contribution < 1.29 is 8.42 Å². The molecule has 0 amide bonds. The monoisotopic (exact) mass is 249 g/mol. The van der Waals surface area contributed by atoms with E-state index in [1.807, 2.05) is 14.0 Å². The predicted molar refractivity (Wildman–Crippen MR) is 65.7 cm³/mol. The van der Waals surface area contributed by atoms with Gasteiger partial charge in [-0.3, -0.25) is 4.90 Å². The smallest absolute Gasteiger partial charge is 0.215 e. The second-order valence-corrected chi connectivity index (χ2v) is 6.87. The summed E-state index contributed by atoms with van der Waals surface area (Å²) in [5, 5.41) is -0.522. The van der Waals surface area contributed by atoms with E-state index in [0.29, 0.717) is 12.6 Å². The Morgan fingerprint density at radius 2 is 2.00 bits per heavy atom. The molecular formula is C10H23N3O2S. The van der Waals surface area contributed by atoms with Crippen LogP contribution in [0.25, 0.3) is 0 Å². The molecule has 0 aromatic rings. The lowest BCUT2D eigenvalue weighted by Crippen LogP contribution is -2.44. The fourth-order valence-corrected chi connectivity index (χ4v) is 2.50. The average Bonchev–Trinajstić information content (AvgIpc) is 3.07. The summed E-state index contributed by atoms with van der Waals surface area (Å²) in [5.41, 5.74) is 5.35. The molecular weight excluding hydrogens is 226 g/mol. The fourth-order valence-electron chi connectivity index (χ4n) is 1.49. The Morgan fingerprint density at radius 1 is 1.44 bits per heavy atom. The van der Waals surface area contributed by atoms with Crippen molar-refractivity contribution in [1.82, 2.24) is 9.62 Å². The van der Waals surface area contributed by atoms with Crippen LogP contribution in [-0.4, -0.2) is 50.8 Å². The lowest BCUT2D eigenvalue weighted by molar-refractivity contribution is 0.248. The van der Waals surface area contributed by atoms with Gasteiger partial charge in [0.15, 0.2) is 0 Å². The van der Waals surface area contributed by atoms with Crippen molar-refractivity contribution in [3.8, 4) is 0 Å². The Labute approximate surface area is 98.4 Å². The predicted octanol–water partition coefficient (Wildman–Crippen LogP) is -0.264. The van der Waals surface area contributed by atoms with Gasteiger partial charge in [-0.25, -0.2) is 13.1 Å². The molecule has 0 spiro atoms. The summed E-state index contributed by atoms with van der Waals surface area (Å²) in [7, 11) is -1.20. The summed E-state index contributed by atoms with van der Waals surface area (Å²) < 4.78 is 26.0. The topological polar surface area (TPSA) is 75.4 Å². The molecule has 2 unspecified atom stereocenters. The van der Waals surface area contributed by atoms with Crippen molar-refractivity contribution in [2.24, 2.45) is 5.73 Å². The van der Waals surface area contributed by atoms with Crippen molar-refractivity contribution in [2.45, 2.75) is 44.0 Å². The van der Waals surface area contributed by atoms with E-state index in [4.69, 9.17) is 5.73 Å². The SMILES string of the molecule is CC(CNS(=O)(=O)C(C)CN)N(C)C1CC1. The van der Waals surface area contributed by atoms with Gasteiger partial charge in [-0.2, -0.15) is 0 Å².